The Hall–Kier alpha value is -0.530. The van der Waals surface area contributed by atoms with Crippen LogP contribution in [0.15, 0.2) is 0 Å². The lowest BCUT2D eigenvalue weighted by Crippen LogP contribution is -2.27. The third-order valence-corrected chi connectivity index (χ3v) is 2.75. The molecule has 3 atom stereocenters. The molecule has 11 heavy (non-hydrogen) atoms. The van der Waals surface area contributed by atoms with Gasteiger partial charge in [0.15, 0.2) is 0 Å². The molecule has 1 aliphatic carbocycles. The zero-order valence-electron chi connectivity index (χ0n) is 7.21. The molecule has 0 radical (unpaired) electrons. The summed E-state index contributed by atoms with van der Waals surface area (Å²) in [5, 5.41) is 8.79. The Morgan fingerprint density at radius 1 is 1.36 bits per heavy atom. The summed E-state index contributed by atoms with van der Waals surface area (Å²) >= 11 is 0. The van der Waals surface area contributed by atoms with Gasteiger partial charge in [0.2, 0.25) is 0 Å². The van der Waals surface area contributed by atoms with E-state index in [0.717, 1.165) is 25.2 Å². The minimum Gasteiger partial charge on any atom is -0.481 e. The van der Waals surface area contributed by atoms with Crippen molar-refractivity contribution in [2.75, 3.05) is 0 Å². The van der Waals surface area contributed by atoms with Crippen LogP contribution in [0, 0.1) is 17.8 Å². The van der Waals surface area contributed by atoms with Gasteiger partial charge in [-0.2, -0.15) is 0 Å². The highest BCUT2D eigenvalue weighted by Crippen LogP contribution is 2.33. The molecule has 1 unspecified atom stereocenters. The molecule has 2 heteroatoms. The molecular weight excluding hydrogens is 140 g/mol. The van der Waals surface area contributed by atoms with Crippen molar-refractivity contribution in [2.24, 2.45) is 17.8 Å². The highest BCUT2D eigenvalue weighted by atomic mass is 16.4. The van der Waals surface area contributed by atoms with Crippen LogP contribution in [0.2, 0.25) is 0 Å². The average Bonchev–Trinajstić information content (AvgIpc) is 1.85. The Labute approximate surface area is 67.6 Å². The van der Waals surface area contributed by atoms with Crippen LogP contribution in [0.5, 0.6) is 0 Å². The fourth-order valence-corrected chi connectivity index (χ4v) is 2.03. The van der Waals surface area contributed by atoms with E-state index in [1.807, 2.05) is 0 Å². The fraction of sp³-hybridized carbons (Fsp3) is 0.889. The fourth-order valence-electron chi connectivity index (χ4n) is 2.03. The summed E-state index contributed by atoms with van der Waals surface area (Å²) in [4.78, 5) is 10.7. The lowest BCUT2D eigenvalue weighted by atomic mass is 9.76. The van der Waals surface area contributed by atoms with Crippen LogP contribution < -0.4 is 0 Å². The first-order chi connectivity index (χ1) is 5.11. The Morgan fingerprint density at radius 2 is 2.00 bits per heavy atom. The second kappa shape index (κ2) is 3.24. The summed E-state index contributed by atoms with van der Waals surface area (Å²) < 4.78 is 0. The summed E-state index contributed by atoms with van der Waals surface area (Å²) in [6, 6.07) is 0. The van der Waals surface area contributed by atoms with Crippen LogP contribution in [-0.2, 0) is 4.79 Å². The van der Waals surface area contributed by atoms with Crippen molar-refractivity contribution < 1.29 is 9.90 Å². The van der Waals surface area contributed by atoms with Crippen molar-refractivity contribution in [3.63, 3.8) is 0 Å². The van der Waals surface area contributed by atoms with Crippen LogP contribution >= 0.6 is 0 Å². The standard InChI is InChI=1S/C9H16O2/c1-6-3-4-8(9(10)11)7(2)5-6/h6-8H,3-5H2,1-2H3,(H,10,11)/t6-,7?,8-/m0/s1. The Morgan fingerprint density at radius 3 is 2.45 bits per heavy atom. The maximum atomic E-state index is 10.7. The van der Waals surface area contributed by atoms with E-state index in [2.05, 4.69) is 13.8 Å². The van der Waals surface area contributed by atoms with Gasteiger partial charge in [0.05, 0.1) is 5.92 Å². The van der Waals surface area contributed by atoms with Gasteiger partial charge in [-0.05, 0) is 31.1 Å². The van der Waals surface area contributed by atoms with E-state index in [4.69, 9.17) is 5.11 Å². The van der Waals surface area contributed by atoms with Gasteiger partial charge < -0.3 is 5.11 Å². The minimum absolute atomic E-state index is 0.0776. The zero-order valence-corrected chi connectivity index (χ0v) is 7.21. The number of rotatable bonds is 1. The smallest absolute Gasteiger partial charge is 0.306 e. The van der Waals surface area contributed by atoms with E-state index in [0.29, 0.717) is 5.92 Å². The van der Waals surface area contributed by atoms with Crippen molar-refractivity contribution in [3.8, 4) is 0 Å². The number of carboxylic acids is 1. The first-order valence-electron chi connectivity index (χ1n) is 4.34. The summed E-state index contributed by atoms with van der Waals surface area (Å²) in [5.74, 6) is 0.410. The van der Waals surface area contributed by atoms with Gasteiger partial charge in [-0.3, -0.25) is 4.79 Å². The maximum Gasteiger partial charge on any atom is 0.306 e. The molecular formula is C9H16O2. The maximum absolute atomic E-state index is 10.7. The molecule has 1 fully saturated rings. The van der Waals surface area contributed by atoms with Gasteiger partial charge in [0, 0.05) is 0 Å². The number of hydrogen-bond donors (Lipinski definition) is 1. The number of carbonyl (C=O) groups is 1. The van der Waals surface area contributed by atoms with Crippen molar-refractivity contribution in [1.29, 1.82) is 0 Å². The molecule has 0 aromatic rings. The third kappa shape index (κ3) is 1.95. The molecule has 0 aromatic heterocycles. The summed E-state index contributed by atoms with van der Waals surface area (Å²) in [7, 11) is 0. The molecule has 1 N–H and O–H groups in total. The molecule has 1 rings (SSSR count). The van der Waals surface area contributed by atoms with Crippen LogP contribution in [0.4, 0.5) is 0 Å². The Bertz CT molecular complexity index is 154. The van der Waals surface area contributed by atoms with Crippen LogP contribution in [0.3, 0.4) is 0 Å². The highest BCUT2D eigenvalue weighted by molar-refractivity contribution is 5.70. The molecule has 0 aromatic carbocycles. The minimum atomic E-state index is -0.607. The van der Waals surface area contributed by atoms with Gasteiger partial charge in [-0.1, -0.05) is 13.8 Å². The monoisotopic (exact) mass is 156 g/mol. The second-order valence-corrected chi connectivity index (χ2v) is 3.84. The van der Waals surface area contributed by atoms with Crippen molar-refractivity contribution in [3.05, 3.63) is 0 Å². The lowest BCUT2D eigenvalue weighted by molar-refractivity contribution is -0.145. The van der Waals surface area contributed by atoms with Gasteiger partial charge >= 0.3 is 5.97 Å². The second-order valence-electron chi connectivity index (χ2n) is 3.84. The van der Waals surface area contributed by atoms with E-state index in [1.165, 1.54) is 0 Å². The molecule has 0 heterocycles. The first-order valence-corrected chi connectivity index (χ1v) is 4.34. The lowest BCUT2D eigenvalue weighted by Gasteiger charge is -2.29. The summed E-state index contributed by atoms with van der Waals surface area (Å²) in [5.41, 5.74) is 0. The largest absolute Gasteiger partial charge is 0.481 e. The van der Waals surface area contributed by atoms with E-state index in [9.17, 15) is 4.79 Å². The number of aliphatic carboxylic acids is 1. The normalized spacial score (nSPS) is 38.5. The number of hydrogen-bond acceptors (Lipinski definition) is 1. The van der Waals surface area contributed by atoms with Crippen molar-refractivity contribution in [2.45, 2.75) is 33.1 Å². The average molecular weight is 156 g/mol. The molecule has 0 bridgehead atoms. The van der Waals surface area contributed by atoms with Crippen molar-refractivity contribution in [1.82, 2.24) is 0 Å². The van der Waals surface area contributed by atoms with E-state index >= 15 is 0 Å². The van der Waals surface area contributed by atoms with E-state index in [1.54, 1.807) is 0 Å². The molecule has 0 spiro atoms. The van der Waals surface area contributed by atoms with Crippen LogP contribution in [0.1, 0.15) is 33.1 Å². The molecule has 0 amide bonds. The van der Waals surface area contributed by atoms with E-state index < -0.39 is 5.97 Å². The van der Waals surface area contributed by atoms with Crippen LogP contribution in [0.25, 0.3) is 0 Å². The molecule has 0 aliphatic heterocycles. The number of carboxylic acid groups (broad SMARTS) is 1. The zero-order chi connectivity index (χ0) is 8.43. The summed E-state index contributed by atoms with van der Waals surface area (Å²) in [6.07, 6.45) is 3.04. The topological polar surface area (TPSA) is 37.3 Å². The van der Waals surface area contributed by atoms with Crippen molar-refractivity contribution >= 4 is 5.97 Å². The predicted molar refractivity (Wildman–Crippen MR) is 43.3 cm³/mol. The van der Waals surface area contributed by atoms with E-state index in [-0.39, 0.29) is 5.92 Å². The quantitative estimate of drug-likeness (QED) is 0.631. The Kier molecular flexibility index (Phi) is 2.53. The molecule has 1 aliphatic rings. The molecule has 0 saturated heterocycles. The Balaban J connectivity index is 2.50. The van der Waals surface area contributed by atoms with Gasteiger partial charge in [-0.25, -0.2) is 0 Å². The molecule has 1 saturated carbocycles. The molecule has 64 valence electrons. The molecule has 2 nitrogen and oxygen atoms in total. The van der Waals surface area contributed by atoms with Gasteiger partial charge in [0.1, 0.15) is 0 Å². The van der Waals surface area contributed by atoms with Gasteiger partial charge in [0.25, 0.3) is 0 Å². The predicted octanol–water partition coefficient (Wildman–Crippen LogP) is 2.14. The van der Waals surface area contributed by atoms with Crippen LogP contribution in [-0.4, -0.2) is 11.1 Å². The van der Waals surface area contributed by atoms with Gasteiger partial charge in [-0.15, -0.1) is 0 Å². The SMILES string of the molecule is CC1C[C@@H](C)CC[C@@H]1C(=O)O. The summed E-state index contributed by atoms with van der Waals surface area (Å²) in [6.45, 7) is 4.25. The third-order valence-electron chi connectivity index (χ3n) is 2.75. The highest BCUT2D eigenvalue weighted by Gasteiger charge is 2.30. The first kappa shape index (κ1) is 8.57.